The predicted octanol–water partition coefficient (Wildman–Crippen LogP) is 14.9. The van der Waals surface area contributed by atoms with Gasteiger partial charge in [-0.1, -0.05) is 97.1 Å². The number of para-hydroxylation sites is 4. The molecule has 4 aromatic heterocycles. The minimum atomic E-state index is -4.85. The normalized spacial score (nSPS) is 12.8. The first-order valence-electron chi connectivity index (χ1n) is 20.1. The van der Waals surface area contributed by atoms with Crippen molar-refractivity contribution in [2.24, 2.45) is 14.1 Å². The van der Waals surface area contributed by atoms with Crippen LogP contribution in [-0.2, 0) is 26.4 Å². The Bertz CT molecular complexity index is 3660. The molecular weight excluding hydrogens is 795 g/mol. The summed E-state index contributed by atoms with van der Waals surface area (Å²) < 4.78 is 99.5. The molecule has 0 saturated heterocycles. The lowest BCUT2D eigenvalue weighted by atomic mass is 9.96. The van der Waals surface area contributed by atoms with Gasteiger partial charge in [0.25, 0.3) is 0 Å². The van der Waals surface area contributed by atoms with Crippen LogP contribution in [0.15, 0.2) is 158 Å². The van der Waals surface area contributed by atoms with E-state index in [1.54, 1.807) is 6.07 Å². The van der Waals surface area contributed by atoms with E-state index in [4.69, 9.17) is 0 Å². The number of nitrogens with zero attached hydrogens (tertiary/aromatic N) is 4. The number of hydrogen-bond donors (Lipinski definition) is 0. The molecule has 8 aromatic carbocycles. The first-order valence-corrected chi connectivity index (χ1v) is 20.1. The monoisotopic (exact) mass is 826 g/mol. The van der Waals surface area contributed by atoms with E-state index >= 15 is 13.2 Å². The van der Waals surface area contributed by atoms with Gasteiger partial charge in [-0.15, -0.1) is 0 Å². The fourth-order valence-electron chi connectivity index (χ4n) is 10.2. The van der Waals surface area contributed by atoms with Crippen molar-refractivity contribution in [3.8, 4) is 22.5 Å². The summed E-state index contributed by atoms with van der Waals surface area (Å²) >= 11 is 0. The summed E-state index contributed by atoms with van der Waals surface area (Å²) in [5.41, 5.74) is 4.76. The Balaban J connectivity index is 1.36. The summed E-state index contributed by atoms with van der Waals surface area (Å²) in [5.74, 6) is 0. The number of aromatic nitrogens is 4. The van der Waals surface area contributed by atoms with Gasteiger partial charge in [-0.3, -0.25) is 0 Å². The zero-order chi connectivity index (χ0) is 42.4. The highest BCUT2D eigenvalue weighted by molar-refractivity contribution is 6.27. The highest BCUT2D eigenvalue weighted by Crippen LogP contribution is 2.49. The van der Waals surface area contributed by atoms with Crippen LogP contribution < -0.4 is 0 Å². The lowest BCUT2D eigenvalue weighted by molar-refractivity contribution is -0.138. The predicted molar refractivity (Wildman–Crippen MR) is 239 cm³/mol. The number of halogens is 6. The van der Waals surface area contributed by atoms with Crippen LogP contribution in [0.25, 0.3) is 110 Å². The van der Waals surface area contributed by atoms with Crippen molar-refractivity contribution in [2.75, 3.05) is 0 Å². The van der Waals surface area contributed by atoms with E-state index in [9.17, 15) is 13.2 Å². The van der Waals surface area contributed by atoms with Gasteiger partial charge in [0, 0.05) is 73.8 Å². The molecule has 0 fully saturated rings. The summed E-state index contributed by atoms with van der Waals surface area (Å²) in [5, 5.41) is 6.61. The number of benzene rings is 8. The largest absolute Gasteiger partial charge is 0.416 e. The second kappa shape index (κ2) is 12.5. The van der Waals surface area contributed by atoms with Gasteiger partial charge < -0.3 is 18.3 Å². The Morgan fingerprint density at radius 1 is 0.355 bits per heavy atom. The summed E-state index contributed by atoms with van der Waals surface area (Å²) in [6.07, 6.45) is -9.58. The standard InChI is InChI=1S/C52H32F6N4/c1-59-38-18-7-5-16-36(38)47-42(59)24-22-34-32-14-3-9-20-40(32)61(49(34)47)44-27-31(52(56,57)58)28-45(46(44)29-12-11-13-30(26-29)51(53,54)55)62-41-21-10-4-15-33(41)35-23-25-43-48(50(35)62)37-17-6-8-19-39(37)60(43)2/h3-28H,1-2H3. The molecule has 0 saturated carbocycles. The maximum Gasteiger partial charge on any atom is 0.416 e. The van der Waals surface area contributed by atoms with Gasteiger partial charge in [0.15, 0.2) is 0 Å². The summed E-state index contributed by atoms with van der Waals surface area (Å²) in [6.45, 7) is 0. The van der Waals surface area contributed by atoms with E-state index in [0.717, 1.165) is 89.4 Å². The minimum Gasteiger partial charge on any atom is -0.344 e. The molecule has 0 aliphatic carbocycles. The maximum absolute atomic E-state index is 15.8. The summed E-state index contributed by atoms with van der Waals surface area (Å²) in [4.78, 5) is 0. The third-order valence-corrected chi connectivity index (χ3v) is 12.8. The second-order valence-electron chi connectivity index (χ2n) is 16.0. The molecule has 62 heavy (non-hydrogen) atoms. The first kappa shape index (κ1) is 36.4. The van der Waals surface area contributed by atoms with Crippen LogP contribution in [0.1, 0.15) is 11.1 Å². The number of hydrogen-bond acceptors (Lipinski definition) is 0. The lowest BCUT2D eigenvalue weighted by Crippen LogP contribution is -2.12. The molecule has 10 heteroatoms. The third kappa shape index (κ3) is 4.91. The van der Waals surface area contributed by atoms with Crippen LogP contribution in [0.4, 0.5) is 26.3 Å². The van der Waals surface area contributed by atoms with Crippen molar-refractivity contribution < 1.29 is 26.3 Å². The molecule has 4 nitrogen and oxygen atoms in total. The quantitative estimate of drug-likeness (QED) is 0.158. The highest BCUT2D eigenvalue weighted by atomic mass is 19.4. The van der Waals surface area contributed by atoms with E-state index in [1.165, 1.54) is 6.07 Å². The Morgan fingerprint density at radius 2 is 0.774 bits per heavy atom. The van der Waals surface area contributed by atoms with Crippen molar-refractivity contribution in [1.29, 1.82) is 0 Å². The van der Waals surface area contributed by atoms with E-state index in [-0.39, 0.29) is 22.5 Å². The van der Waals surface area contributed by atoms with Crippen molar-refractivity contribution >= 4 is 87.2 Å². The SMILES string of the molecule is Cn1c2ccccc2c2c1ccc1c3ccccc3n(-c3cc(C(F)(F)F)cc(-n4c5ccccc5c5ccc6c(c7ccccc7n6C)c54)c3-c3cccc(C(F)(F)F)c3)c12. The fourth-order valence-corrected chi connectivity index (χ4v) is 10.2. The molecule has 0 amide bonds. The average molecular weight is 827 g/mol. The number of alkyl halides is 6. The van der Waals surface area contributed by atoms with Crippen LogP contribution >= 0.6 is 0 Å². The number of rotatable bonds is 3. The third-order valence-electron chi connectivity index (χ3n) is 12.8. The van der Waals surface area contributed by atoms with Crippen molar-refractivity contribution in [2.45, 2.75) is 12.4 Å². The van der Waals surface area contributed by atoms with Gasteiger partial charge >= 0.3 is 12.4 Å². The first-order chi connectivity index (χ1) is 29.9. The van der Waals surface area contributed by atoms with E-state index in [2.05, 4.69) is 9.13 Å². The minimum absolute atomic E-state index is 0.0943. The van der Waals surface area contributed by atoms with Crippen LogP contribution in [0.2, 0.25) is 0 Å². The Morgan fingerprint density at radius 3 is 1.23 bits per heavy atom. The number of aryl methyl sites for hydroxylation is 2. The molecule has 0 atom stereocenters. The molecule has 0 bridgehead atoms. The van der Waals surface area contributed by atoms with Gasteiger partial charge in [0.1, 0.15) is 0 Å². The van der Waals surface area contributed by atoms with Crippen LogP contribution in [-0.4, -0.2) is 18.3 Å². The fraction of sp³-hybridized carbons (Fsp3) is 0.0769. The molecule has 0 N–H and O–H groups in total. The topological polar surface area (TPSA) is 19.7 Å². The second-order valence-corrected chi connectivity index (χ2v) is 16.0. The highest BCUT2D eigenvalue weighted by Gasteiger charge is 2.36. The zero-order valence-corrected chi connectivity index (χ0v) is 33.1. The van der Waals surface area contributed by atoms with Crippen molar-refractivity contribution in [1.82, 2.24) is 18.3 Å². The zero-order valence-electron chi connectivity index (χ0n) is 33.1. The average Bonchev–Trinajstić information content (AvgIpc) is 3.97. The van der Waals surface area contributed by atoms with Gasteiger partial charge in [0.05, 0.1) is 55.6 Å². The maximum atomic E-state index is 15.8. The summed E-state index contributed by atoms with van der Waals surface area (Å²) in [7, 11) is 3.91. The van der Waals surface area contributed by atoms with Crippen molar-refractivity contribution in [3.05, 3.63) is 169 Å². The molecule has 0 aliphatic rings. The molecule has 12 rings (SSSR count). The molecule has 0 radical (unpaired) electrons. The molecule has 302 valence electrons. The van der Waals surface area contributed by atoms with E-state index in [1.807, 2.05) is 145 Å². The van der Waals surface area contributed by atoms with Crippen molar-refractivity contribution in [3.63, 3.8) is 0 Å². The number of fused-ring (bicyclic) bond motifs is 14. The van der Waals surface area contributed by atoms with Crippen LogP contribution in [0, 0.1) is 0 Å². The Hall–Kier alpha value is -7.46. The van der Waals surface area contributed by atoms with Gasteiger partial charge in [-0.2, -0.15) is 26.3 Å². The van der Waals surface area contributed by atoms with Crippen LogP contribution in [0.3, 0.4) is 0 Å². The molecule has 12 aromatic rings. The Kier molecular flexibility index (Phi) is 7.36. The lowest BCUT2D eigenvalue weighted by Gasteiger charge is -2.23. The smallest absolute Gasteiger partial charge is 0.344 e. The van der Waals surface area contributed by atoms with Crippen LogP contribution in [0.5, 0.6) is 0 Å². The molecule has 0 spiro atoms. The van der Waals surface area contributed by atoms with Gasteiger partial charge in [-0.05, 0) is 66.2 Å². The van der Waals surface area contributed by atoms with Gasteiger partial charge in [0.2, 0.25) is 0 Å². The van der Waals surface area contributed by atoms with E-state index < -0.39 is 23.5 Å². The molecule has 0 unspecified atom stereocenters. The molecule has 0 aliphatic heterocycles. The Labute approximate surface area is 348 Å². The van der Waals surface area contributed by atoms with Gasteiger partial charge in [-0.25, -0.2) is 0 Å². The molecular formula is C52H32F6N4. The van der Waals surface area contributed by atoms with E-state index in [0.29, 0.717) is 22.1 Å². The summed E-state index contributed by atoms with van der Waals surface area (Å²) in [6, 6.07) is 46.0. The molecule has 4 heterocycles.